The Kier molecular flexibility index (Phi) is 6.73. The van der Waals surface area contributed by atoms with Gasteiger partial charge in [-0.05, 0) is 78.5 Å². The van der Waals surface area contributed by atoms with E-state index in [1.54, 1.807) is 11.3 Å². The molecule has 9 aromatic carbocycles. The molecule has 11 aromatic rings. The van der Waals surface area contributed by atoms with Gasteiger partial charge in [-0.25, -0.2) is 15.0 Å². The van der Waals surface area contributed by atoms with Crippen molar-refractivity contribution >= 4 is 74.6 Å². The first-order valence-corrected chi connectivity index (χ1v) is 18.7. The van der Waals surface area contributed by atoms with E-state index in [0.717, 1.165) is 27.8 Å². The molecule has 0 saturated heterocycles. The molecule has 0 unspecified atom stereocenters. The highest BCUT2D eigenvalue weighted by atomic mass is 32.1. The molecule has 0 amide bonds. The van der Waals surface area contributed by atoms with Crippen molar-refractivity contribution in [3.05, 3.63) is 176 Å². The molecule has 4 heteroatoms. The highest BCUT2D eigenvalue weighted by molar-refractivity contribution is 7.26. The first-order valence-electron chi connectivity index (χ1n) is 17.9. The molecule has 0 N–H and O–H groups in total. The van der Waals surface area contributed by atoms with Crippen LogP contribution in [0.4, 0.5) is 0 Å². The number of hydrogen-bond donors (Lipinski definition) is 0. The van der Waals surface area contributed by atoms with Gasteiger partial charge < -0.3 is 0 Å². The molecule has 0 saturated carbocycles. The molecule has 246 valence electrons. The summed E-state index contributed by atoms with van der Waals surface area (Å²) in [7, 11) is 0. The standard InChI is InChI=1S/C49H29N3S/c1-2-13-31(14-3-1)47-50-48(52-49(51-47)42-22-11-21-41-38-19-8-9-23-44(38)53-46(41)42)34-16-10-15-32(28-34)33-25-26-37-36-18-6-7-20-39(36)45-35-17-5-4-12-30(35)24-27-40(45)43(37)29-33/h1-29H. The number of aromatic nitrogens is 3. The fraction of sp³-hybridized carbons (Fsp3) is 0. The summed E-state index contributed by atoms with van der Waals surface area (Å²) in [5, 5.41) is 12.6. The lowest BCUT2D eigenvalue weighted by Gasteiger charge is -2.14. The zero-order valence-electron chi connectivity index (χ0n) is 28.5. The van der Waals surface area contributed by atoms with Crippen molar-refractivity contribution < 1.29 is 0 Å². The predicted molar refractivity (Wildman–Crippen MR) is 224 cm³/mol. The second kappa shape index (κ2) is 11.9. The minimum atomic E-state index is 0.650. The summed E-state index contributed by atoms with van der Waals surface area (Å²) in [6, 6.07) is 62.8. The van der Waals surface area contributed by atoms with E-state index in [2.05, 4.69) is 158 Å². The molecule has 11 rings (SSSR count). The van der Waals surface area contributed by atoms with E-state index in [1.807, 2.05) is 18.2 Å². The van der Waals surface area contributed by atoms with Gasteiger partial charge >= 0.3 is 0 Å². The van der Waals surface area contributed by atoms with Crippen LogP contribution >= 0.6 is 11.3 Å². The quantitative estimate of drug-likeness (QED) is 0.172. The van der Waals surface area contributed by atoms with Crippen LogP contribution in [0.2, 0.25) is 0 Å². The van der Waals surface area contributed by atoms with E-state index in [9.17, 15) is 0 Å². The van der Waals surface area contributed by atoms with Crippen molar-refractivity contribution in [3.8, 4) is 45.3 Å². The molecule has 0 radical (unpaired) electrons. The summed E-state index contributed by atoms with van der Waals surface area (Å²) >= 11 is 1.79. The van der Waals surface area contributed by atoms with Gasteiger partial charge in [0.15, 0.2) is 17.5 Å². The number of thiophene rings is 1. The van der Waals surface area contributed by atoms with Crippen molar-refractivity contribution in [2.75, 3.05) is 0 Å². The lowest BCUT2D eigenvalue weighted by Crippen LogP contribution is -2.00. The molecule has 0 aliphatic carbocycles. The zero-order chi connectivity index (χ0) is 34.9. The minimum absolute atomic E-state index is 0.650. The van der Waals surface area contributed by atoms with Crippen LogP contribution in [-0.4, -0.2) is 15.0 Å². The van der Waals surface area contributed by atoms with Crippen LogP contribution in [0.15, 0.2) is 176 Å². The van der Waals surface area contributed by atoms with E-state index in [4.69, 9.17) is 15.0 Å². The highest BCUT2D eigenvalue weighted by Gasteiger charge is 2.18. The van der Waals surface area contributed by atoms with Crippen LogP contribution < -0.4 is 0 Å². The van der Waals surface area contributed by atoms with Gasteiger partial charge in [0, 0.05) is 36.9 Å². The second-order valence-electron chi connectivity index (χ2n) is 13.5. The molecule has 0 spiro atoms. The Labute approximate surface area is 309 Å². The molecule has 0 aliphatic rings. The highest BCUT2D eigenvalue weighted by Crippen LogP contribution is 2.42. The van der Waals surface area contributed by atoms with Gasteiger partial charge in [0.25, 0.3) is 0 Å². The fourth-order valence-corrected chi connectivity index (χ4v) is 9.22. The van der Waals surface area contributed by atoms with Gasteiger partial charge in [0.1, 0.15) is 0 Å². The third kappa shape index (κ3) is 4.84. The maximum Gasteiger partial charge on any atom is 0.165 e. The Morgan fingerprint density at radius 2 is 0.906 bits per heavy atom. The molecule has 0 fully saturated rings. The molecule has 2 aromatic heterocycles. The van der Waals surface area contributed by atoms with Gasteiger partial charge in [-0.3, -0.25) is 0 Å². The molecule has 0 bridgehead atoms. The van der Waals surface area contributed by atoms with Crippen molar-refractivity contribution in [3.63, 3.8) is 0 Å². The minimum Gasteiger partial charge on any atom is -0.208 e. The van der Waals surface area contributed by atoms with Crippen LogP contribution in [0.1, 0.15) is 0 Å². The van der Waals surface area contributed by atoms with Crippen LogP contribution in [0.5, 0.6) is 0 Å². The molecule has 2 heterocycles. The smallest absolute Gasteiger partial charge is 0.165 e. The molecule has 0 aliphatic heterocycles. The average Bonchev–Trinajstić information content (AvgIpc) is 3.62. The molecule has 3 nitrogen and oxygen atoms in total. The van der Waals surface area contributed by atoms with Gasteiger partial charge in [-0.15, -0.1) is 11.3 Å². The van der Waals surface area contributed by atoms with Crippen LogP contribution in [-0.2, 0) is 0 Å². The summed E-state index contributed by atoms with van der Waals surface area (Å²) in [5.41, 5.74) is 5.18. The fourth-order valence-electron chi connectivity index (χ4n) is 8.01. The van der Waals surface area contributed by atoms with E-state index in [1.165, 1.54) is 63.3 Å². The Balaban J connectivity index is 1.10. The Morgan fingerprint density at radius 1 is 0.321 bits per heavy atom. The second-order valence-corrected chi connectivity index (χ2v) is 14.6. The summed E-state index contributed by atoms with van der Waals surface area (Å²) in [6.07, 6.45) is 0. The first-order chi connectivity index (χ1) is 26.3. The Bertz CT molecular complexity index is 3240. The molecule has 53 heavy (non-hydrogen) atoms. The monoisotopic (exact) mass is 691 g/mol. The largest absolute Gasteiger partial charge is 0.208 e. The molecular weight excluding hydrogens is 663 g/mol. The number of benzene rings is 9. The SMILES string of the molecule is c1ccc(-c2nc(-c3cccc(-c4ccc5c6ccccc6c6c7ccccc7ccc6c5c4)c3)nc(-c3cccc4c3sc3ccccc34)n2)cc1. The van der Waals surface area contributed by atoms with Gasteiger partial charge in [-0.2, -0.15) is 0 Å². The maximum absolute atomic E-state index is 5.19. The number of nitrogens with zero attached hydrogens (tertiary/aromatic N) is 3. The Hall–Kier alpha value is -6.75. The van der Waals surface area contributed by atoms with E-state index >= 15 is 0 Å². The summed E-state index contributed by atoms with van der Waals surface area (Å²) in [6.45, 7) is 0. The van der Waals surface area contributed by atoms with Crippen molar-refractivity contribution in [1.82, 2.24) is 15.0 Å². The van der Waals surface area contributed by atoms with Crippen molar-refractivity contribution in [1.29, 1.82) is 0 Å². The Morgan fingerprint density at radius 3 is 1.79 bits per heavy atom. The van der Waals surface area contributed by atoms with Crippen LogP contribution in [0.25, 0.3) is 109 Å². The lowest BCUT2D eigenvalue weighted by atomic mass is 9.89. The summed E-state index contributed by atoms with van der Waals surface area (Å²) in [4.78, 5) is 15.4. The maximum atomic E-state index is 5.19. The third-order valence-electron chi connectivity index (χ3n) is 10.5. The van der Waals surface area contributed by atoms with Crippen LogP contribution in [0, 0.1) is 0 Å². The topological polar surface area (TPSA) is 38.7 Å². The number of rotatable bonds is 4. The molecular formula is C49H29N3S. The first kappa shape index (κ1) is 29.9. The summed E-state index contributed by atoms with van der Waals surface area (Å²) in [5.74, 6) is 1.98. The van der Waals surface area contributed by atoms with E-state index in [-0.39, 0.29) is 0 Å². The summed E-state index contributed by atoms with van der Waals surface area (Å²) < 4.78 is 2.44. The van der Waals surface area contributed by atoms with Gasteiger partial charge in [0.05, 0.1) is 0 Å². The van der Waals surface area contributed by atoms with Crippen molar-refractivity contribution in [2.24, 2.45) is 0 Å². The molecule has 0 atom stereocenters. The van der Waals surface area contributed by atoms with Gasteiger partial charge in [-0.1, -0.05) is 152 Å². The normalized spacial score (nSPS) is 11.8. The van der Waals surface area contributed by atoms with E-state index in [0.29, 0.717) is 17.5 Å². The average molecular weight is 692 g/mol. The van der Waals surface area contributed by atoms with Crippen LogP contribution in [0.3, 0.4) is 0 Å². The predicted octanol–water partition coefficient (Wildman–Crippen LogP) is 13.5. The third-order valence-corrected chi connectivity index (χ3v) is 11.7. The number of fused-ring (bicyclic) bond motifs is 11. The van der Waals surface area contributed by atoms with Gasteiger partial charge in [0.2, 0.25) is 0 Å². The zero-order valence-corrected chi connectivity index (χ0v) is 29.3. The number of hydrogen-bond acceptors (Lipinski definition) is 4. The lowest BCUT2D eigenvalue weighted by molar-refractivity contribution is 1.08. The van der Waals surface area contributed by atoms with Crippen molar-refractivity contribution in [2.45, 2.75) is 0 Å². The van der Waals surface area contributed by atoms with E-state index < -0.39 is 0 Å².